The Bertz CT molecular complexity index is 1070. The Morgan fingerprint density at radius 2 is 2.00 bits per heavy atom. The van der Waals surface area contributed by atoms with Crippen LogP contribution >= 0.6 is 0 Å². The summed E-state index contributed by atoms with van der Waals surface area (Å²) in [6, 6.07) is 5.01. The van der Waals surface area contributed by atoms with Gasteiger partial charge in [0.1, 0.15) is 11.6 Å². The highest BCUT2D eigenvalue weighted by Gasteiger charge is 2.43. The third kappa shape index (κ3) is 3.28. The van der Waals surface area contributed by atoms with E-state index in [1.165, 1.54) is 6.07 Å². The lowest BCUT2D eigenvalue weighted by Crippen LogP contribution is -2.42. The Morgan fingerprint density at radius 3 is 2.68 bits per heavy atom. The molecule has 146 valence electrons. The number of rotatable bonds is 5. The number of fused-ring (bicyclic) bond motifs is 1. The molecule has 6 heteroatoms. The predicted molar refractivity (Wildman–Crippen MR) is 107 cm³/mol. The first-order valence-electron chi connectivity index (χ1n) is 9.45. The van der Waals surface area contributed by atoms with E-state index in [-0.39, 0.29) is 11.1 Å². The van der Waals surface area contributed by atoms with Crippen molar-refractivity contribution in [3.8, 4) is 0 Å². The molecule has 1 fully saturated rings. The third-order valence-electron chi connectivity index (χ3n) is 5.68. The molecular formula is C22H24F2N4. The summed E-state index contributed by atoms with van der Waals surface area (Å²) in [7, 11) is 0. The second kappa shape index (κ2) is 6.69. The molecule has 2 aliphatic rings. The van der Waals surface area contributed by atoms with Crippen LogP contribution in [0.1, 0.15) is 48.7 Å². The SMILES string of the molecule is C=C1C=c2nc(C)nc(NCc3cccc(C(F)F)c3C)c2=CN1C1(C)CC1. The van der Waals surface area contributed by atoms with Gasteiger partial charge in [0.25, 0.3) is 6.43 Å². The van der Waals surface area contributed by atoms with Crippen molar-refractivity contribution >= 4 is 18.1 Å². The molecule has 0 radical (unpaired) electrons. The molecule has 4 rings (SSSR count). The fraction of sp³-hybridized carbons (Fsp3) is 0.364. The molecule has 0 bridgehead atoms. The van der Waals surface area contributed by atoms with E-state index in [1.807, 2.05) is 19.1 Å². The highest BCUT2D eigenvalue weighted by molar-refractivity contribution is 5.57. The predicted octanol–water partition coefficient (Wildman–Crippen LogP) is 3.54. The lowest BCUT2D eigenvalue weighted by molar-refractivity contribution is 0.150. The topological polar surface area (TPSA) is 41.1 Å². The van der Waals surface area contributed by atoms with Gasteiger partial charge in [0.2, 0.25) is 0 Å². The maximum atomic E-state index is 13.2. The third-order valence-corrected chi connectivity index (χ3v) is 5.68. The number of hydrogen-bond donors (Lipinski definition) is 1. The summed E-state index contributed by atoms with van der Waals surface area (Å²) in [6.45, 7) is 10.4. The summed E-state index contributed by atoms with van der Waals surface area (Å²) in [5, 5.41) is 5.08. The lowest BCUT2D eigenvalue weighted by Gasteiger charge is -2.30. The van der Waals surface area contributed by atoms with Gasteiger partial charge in [-0.3, -0.25) is 0 Å². The minimum absolute atomic E-state index is 0.0734. The first-order valence-corrected chi connectivity index (χ1v) is 9.45. The number of halogens is 2. The number of aryl methyl sites for hydroxylation is 1. The van der Waals surface area contributed by atoms with Gasteiger partial charge in [-0.25, -0.2) is 18.7 Å². The van der Waals surface area contributed by atoms with Gasteiger partial charge in [-0.15, -0.1) is 0 Å². The van der Waals surface area contributed by atoms with Gasteiger partial charge in [0.05, 0.1) is 10.6 Å². The van der Waals surface area contributed by atoms with Crippen molar-refractivity contribution in [3.63, 3.8) is 0 Å². The van der Waals surface area contributed by atoms with Gasteiger partial charge in [-0.2, -0.15) is 0 Å². The number of hydrogen-bond acceptors (Lipinski definition) is 4. The van der Waals surface area contributed by atoms with E-state index in [1.54, 1.807) is 13.0 Å². The number of nitrogens with one attached hydrogen (secondary N) is 1. The quantitative estimate of drug-likeness (QED) is 0.859. The maximum absolute atomic E-state index is 13.2. The largest absolute Gasteiger partial charge is 0.365 e. The Balaban J connectivity index is 1.70. The zero-order chi connectivity index (χ0) is 20.1. The fourth-order valence-electron chi connectivity index (χ4n) is 3.65. The van der Waals surface area contributed by atoms with Crippen molar-refractivity contribution in [3.05, 3.63) is 63.6 Å². The molecular weight excluding hydrogens is 358 g/mol. The Hall–Kier alpha value is -2.76. The number of alkyl halides is 2. The number of anilines is 1. The standard InChI is InChI=1S/C22H24F2N4/c1-13-10-19-18(12-28(13)22(4)8-9-22)21(27-15(3)26-19)25-11-16-6-5-7-17(14(16)2)20(23)24/h5-7,10,12,20H,1,8-9,11H2,2-4H3,(H,25,26,27). The van der Waals surface area contributed by atoms with E-state index < -0.39 is 6.43 Å². The van der Waals surface area contributed by atoms with Crippen molar-refractivity contribution in [2.45, 2.75) is 52.1 Å². The molecule has 0 unspecified atom stereocenters. The molecule has 0 amide bonds. The van der Waals surface area contributed by atoms with Gasteiger partial charge < -0.3 is 10.2 Å². The minimum Gasteiger partial charge on any atom is -0.365 e. The van der Waals surface area contributed by atoms with Crippen LogP contribution in [0.5, 0.6) is 0 Å². The van der Waals surface area contributed by atoms with Crippen LogP contribution in [0.4, 0.5) is 14.6 Å². The Labute approximate surface area is 163 Å². The van der Waals surface area contributed by atoms with Crippen LogP contribution in [0.3, 0.4) is 0 Å². The summed E-state index contributed by atoms with van der Waals surface area (Å²) >= 11 is 0. The molecule has 1 aromatic heterocycles. The van der Waals surface area contributed by atoms with E-state index in [0.29, 0.717) is 23.8 Å². The van der Waals surface area contributed by atoms with E-state index >= 15 is 0 Å². The summed E-state index contributed by atoms with van der Waals surface area (Å²) in [5.41, 5.74) is 2.55. The van der Waals surface area contributed by atoms with Crippen LogP contribution in [-0.4, -0.2) is 20.4 Å². The summed E-state index contributed by atoms with van der Waals surface area (Å²) in [5.74, 6) is 1.37. The summed E-state index contributed by atoms with van der Waals surface area (Å²) < 4.78 is 26.4. The van der Waals surface area contributed by atoms with E-state index in [2.05, 4.69) is 39.9 Å². The molecule has 1 saturated carbocycles. The van der Waals surface area contributed by atoms with Crippen molar-refractivity contribution in [2.24, 2.45) is 0 Å². The van der Waals surface area contributed by atoms with Crippen molar-refractivity contribution in [2.75, 3.05) is 5.32 Å². The van der Waals surface area contributed by atoms with E-state index in [9.17, 15) is 8.78 Å². The van der Waals surface area contributed by atoms with Crippen LogP contribution in [0, 0.1) is 13.8 Å². The molecule has 28 heavy (non-hydrogen) atoms. The highest BCUT2D eigenvalue weighted by atomic mass is 19.3. The molecule has 1 N–H and O–H groups in total. The van der Waals surface area contributed by atoms with Crippen LogP contribution in [-0.2, 0) is 6.54 Å². The second-order valence-electron chi connectivity index (χ2n) is 7.84. The average Bonchev–Trinajstić information content (AvgIpc) is 3.38. The second-order valence-corrected chi connectivity index (χ2v) is 7.84. The van der Waals surface area contributed by atoms with Crippen molar-refractivity contribution < 1.29 is 8.78 Å². The smallest absolute Gasteiger partial charge is 0.264 e. The van der Waals surface area contributed by atoms with Crippen molar-refractivity contribution in [1.29, 1.82) is 0 Å². The van der Waals surface area contributed by atoms with Crippen LogP contribution in [0.15, 0.2) is 30.5 Å². The zero-order valence-electron chi connectivity index (χ0n) is 16.4. The number of nitrogens with zero attached hydrogens (tertiary/aromatic N) is 3. The molecule has 1 aliphatic heterocycles. The summed E-state index contributed by atoms with van der Waals surface area (Å²) in [4.78, 5) is 11.3. The molecule has 0 atom stereocenters. The minimum atomic E-state index is -2.48. The first kappa shape index (κ1) is 18.6. The van der Waals surface area contributed by atoms with Gasteiger partial charge >= 0.3 is 0 Å². The van der Waals surface area contributed by atoms with E-state index in [0.717, 1.165) is 34.7 Å². The molecule has 2 heterocycles. The van der Waals surface area contributed by atoms with Gasteiger partial charge in [-0.1, -0.05) is 24.8 Å². The first-order chi connectivity index (χ1) is 13.3. The normalized spacial score (nSPS) is 17.1. The molecule has 0 spiro atoms. The number of allylic oxidation sites excluding steroid dienone is 1. The Kier molecular flexibility index (Phi) is 4.44. The zero-order valence-corrected chi connectivity index (χ0v) is 16.4. The molecule has 1 aromatic carbocycles. The fourth-order valence-corrected chi connectivity index (χ4v) is 3.65. The van der Waals surface area contributed by atoms with Crippen LogP contribution in [0.25, 0.3) is 12.3 Å². The molecule has 1 aliphatic carbocycles. The molecule has 0 saturated heterocycles. The Morgan fingerprint density at radius 1 is 1.25 bits per heavy atom. The number of benzene rings is 1. The maximum Gasteiger partial charge on any atom is 0.264 e. The van der Waals surface area contributed by atoms with Gasteiger partial charge in [0, 0.05) is 29.5 Å². The molecule has 2 aromatic rings. The van der Waals surface area contributed by atoms with E-state index in [4.69, 9.17) is 0 Å². The number of aromatic nitrogens is 2. The van der Waals surface area contributed by atoms with Crippen LogP contribution in [0.2, 0.25) is 0 Å². The van der Waals surface area contributed by atoms with Gasteiger partial charge in [0.15, 0.2) is 0 Å². The average molecular weight is 382 g/mol. The summed E-state index contributed by atoms with van der Waals surface area (Å²) in [6.07, 6.45) is 3.83. The lowest BCUT2D eigenvalue weighted by atomic mass is 10.0. The van der Waals surface area contributed by atoms with Gasteiger partial charge in [-0.05, 0) is 50.8 Å². The highest BCUT2D eigenvalue weighted by Crippen LogP contribution is 2.43. The monoisotopic (exact) mass is 382 g/mol. The van der Waals surface area contributed by atoms with Crippen molar-refractivity contribution in [1.82, 2.24) is 14.9 Å². The molecule has 4 nitrogen and oxygen atoms in total. The van der Waals surface area contributed by atoms with Crippen LogP contribution < -0.4 is 15.9 Å².